The number of hydrogen-bond donors (Lipinski definition) is 0. The highest BCUT2D eigenvalue weighted by atomic mass is 16.5. The fraction of sp³-hybridized carbons (Fsp3) is 0.111. The molecular weight excluding hydrogens is 154 g/mol. The molecule has 0 aromatic carbocycles. The summed E-state index contributed by atoms with van der Waals surface area (Å²) in [6, 6.07) is 3.47. The topological polar surface area (TPSA) is 39.2 Å². The summed E-state index contributed by atoms with van der Waals surface area (Å²) >= 11 is 0. The van der Waals surface area contributed by atoms with Crippen LogP contribution in [0.15, 0.2) is 18.3 Å². The second-order valence-electron chi connectivity index (χ2n) is 1.95. The molecule has 0 amide bonds. The minimum absolute atomic E-state index is 0.437. The second-order valence-corrected chi connectivity index (χ2v) is 1.95. The molecule has 0 saturated carbocycles. The molecule has 0 radical (unpaired) electrons. The first-order chi connectivity index (χ1) is 5.88. The number of pyridine rings is 1. The number of aromatic nitrogens is 1. The molecule has 0 aliphatic rings. The number of methoxy groups -OCH3 is 1. The van der Waals surface area contributed by atoms with Crippen molar-refractivity contribution in [1.29, 1.82) is 0 Å². The van der Waals surface area contributed by atoms with Crippen LogP contribution in [0.2, 0.25) is 0 Å². The SMILES string of the molecule is COc1ncccc1C#CC=O. The Morgan fingerprint density at radius 1 is 1.67 bits per heavy atom. The number of nitrogens with zero attached hydrogens (tertiary/aromatic N) is 1. The lowest BCUT2D eigenvalue weighted by molar-refractivity contribution is -0.103. The number of ether oxygens (including phenoxy) is 1. The van der Waals surface area contributed by atoms with Gasteiger partial charge in [-0.1, -0.05) is 5.92 Å². The highest BCUT2D eigenvalue weighted by Gasteiger charge is 1.97. The van der Waals surface area contributed by atoms with Crippen LogP contribution in [0.3, 0.4) is 0 Å². The molecule has 60 valence electrons. The van der Waals surface area contributed by atoms with Gasteiger partial charge in [0.15, 0.2) is 6.29 Å². The molecule has 12 heavy (non-hydrogen) atoms. The Morgan fingerprint density at radius 3 is 3.17 bits per heavy atom. The Hall–Kier alpha value is -1.82. The molecule has 3 heteroatoms. The number of aldehydes is 1. The molecule has 0 bridgehead atoms. The van der Waals surface area contributed by atoms with Gasteiger partial charge in [-0.2, -0.15) is 0 Å². The maximum Gasteiger partial charge on any atom is 0.229 e. The summed E-state index contributed by atoms with van der Waals surface area (Å²) in [6.45, 7) is 0. The minimum Gasteiger partial charge on any atom is -0.480 e. The van der Waals surface area contributed by atoms with E-state index in [-0.39, 0.29) is 0 Å². The Kier molecular flexibility index (Phi) is 2.86. The van der Waals surface area contributed by atoms with E-state index in [9.17, 15) is 4.79 Å². The number of carbonyl (C=O) groups excluding carboxylic acids is 1. The van der Waals surface area contributed by atoms with Crippen molar-refractivity contribution in [2.45, 2.75) is 0 Å². The van der Waals surface area contributed by atoms with Gasteiger partial charge in [0.2, 0.25) is 5.88 Å². The maximum absolute atomic E-state index is 9.94. The van der Waals surface area contributed by atoms with Gasteiger partial charge >= 0.3 is 0 Å². The van der Waals surface area contributed by atoms with E-state index in [1.54, 1.807) is 18.3 Å². The molecule has 0 N–H and O–H groups in total. The van der Waals surface area contributed by atoms with Crippen molar-refractivity contribution in [1.82, 2.24) is 4.98 Å². The minimum atomic E-state index is 0.437. The molecule has 0 aliphatic carbocycles. The normalized spacial score (nSPS) is 8.08. The third-order valence-corrected chi connectivity index (χ3v) is 1.23. The third kappa shape index (κ3) is 1.83. The summed E-state index contributed by atoms with van der Waals surface area (Å²) in [5.41, 5.74) is 0.618. The van der Waals surface area contributed by atoms with E-state index < -0.39 is 0 Å². The van der Waals surface area contributed by atoms with Gasteiger partial charge in [-0.15, -0.1) is 0 Å². The van der Waals surface area contributed by atoms with Gasteiger partial charge in [-0.3, -0.25) is 4.79 Å². The largest absolute Gasteiger partial charge is 0.480 e. The summed E-state index contributed by atoms with van der Waals surface area (Å²) in [6.07, 6.45) is 2.14. The van der Waals surface area contributed by atoms with Gasteiger partial charge in [-0.25, -0.2) is 4.98 Å². The van der Waals surface area contributed by atoms with E-state index in [0.717, 1.165) is 0 Å². The fourth-order valence-electron chi connectivity index (χ4n) is 0.756. The lowest BCUT2D eigenvalue weighted by atomic mass is 10.3. The third-order valence-electron chi connectivity index (χ3n) is 1.23. The summed E-state index contributed by atoms with van der Waals surface area (Å²) in [4.78, 5) is 13.9. The Bertz CT molecular complexity index is 336. The van der Waals surface area contributed by atoms with Crippen molar-refractivity contribution in [3.05, 3.63) is 23.9 Å². The van der Waals surface area contributed by atoms with Crippen molar-refractivity contribution < 1.29 is 9.53 Å². The second kappa shape index (κ2) is 4.14. The fourth-order valence-corrected chi connectivity index (χ4v) is 0.756. The highest BCUT2D eigenvalue weighted by Crippen LogP contribution is 2.10. The van der Waals surface area contributed by atoms with Crippen molar-refractivity contribution in [3.8, 4) is 17.7 Å². The summed E-state index contributed by atoms with van der Waals surface area (Å²) < 4.78 is 4.91. The quantitative estimate of drug-likeness (QED) is 0.448. The number of rotatable bonds is 1. The molecule has 0 aliphatic heterocycles. The zero-order valence-electron chi connectivity index (χ0n) is 6.57. The first-order valence-corrected chi connectivity index (χ1v) is 3.32. The lowest BCUT2D eigenvalue weighted by Gasteiger charge is -1.98. The molecule has 0 unspecified atom stereocenters. The number of carbonyl (C=O) groups is 1. The van der Waals surface area contributed by atoms with Crippen LogP contribution in [0.5, 0.6) is 5.88 Å². The van der Waals surface area contributed by atoms with Crippen molar-refractivity contribution in [2.24, 2.45) is 0 Å². The van der Waals surface area contributed by atoms with Crippen LogP contribution in [0, 0.1) is 11.8 Å². The van der Waals surface area contributed by atoms with Crippen LogP contribution in [0.1, 0.15) is 5.56 Å². The first kappa shape index (κ1) is 8.28. The highest BCUT2D eigenvalue weighted by molar-refractivity contribution is 5.74. The van der Waals surface area contributed by atoms with E-state index in [1.165, 1.54) is 7.11 Å². The molecule has 0 atom stereocenters. The summed E-state index contributed by atoms with van der Waals surface area (Å²) in [7, 11) is 1.51. The van der Waals surface area contributed by atoms with Gasteiger partial charge in [0.1, 0.15) is 0 Å². The van der Waals surface area contributed by atoms with Gasteiger partial charge < -0.3 is 4.74 Å². The monoisotopic (exact) mass is 161 g/mol. The average Bonchev–Trinajstić information content (AvgIpc) is 2.15. The molecule has 1 aromatic rings. The lowest BCUT2D eigenvalue weighted by Crippen LogP contribution is -1.90. The maximum atomic E-state index is 9.94. The van der Waals surface area contributed by atoms with Crippen LogP contribution in [-0.2, 0) is 4.79 Å². The summed E-state index contributed by atoms with van der Waals surface area (Å²) in [5, 5.41) is 0. The van der Waals surface area contributed by atoms with Crippen LogP contribution in [0.25, 0.3) is 0 Å². The van der Waals surface area contributed by atoms with E-state index in [2.05, 4.69) is 16.8 Å². The van der Waals surface area contributed by atoms with Crippen LogP contribution >= 0.6 is 0 Å². The van der Waals surface area contributed by atoms with Gasteiger partial charge in [0.25, 0.3) is 0 Å². The molecule has 1 aromatic heterocycles. The van der Waals surface area contributed by atoms with Gasteiger partial charge in [-0.05, 0) is 18.1 Å². The zero-order chi connectivity index (χ0) is 8.81. The summed E-state index contributed by atoms with van der Waals surface area (Å²) in [5.74, 6) is 5.33. The van der Waals surface area contributed by atoms with E-state index >= 15 is 0 Å². The molecule has 1 heterocycles. The van der Waals surface area contributed by atoms with E-state index in [4.69, 9.17) is 4.74 Å². The Labute approximate surface area is 70.4 Å². The van der Waals surface area contributed by atoms with Crippen molar-refractivity contribution in [3.63, 3.8) is 0 Å². The molecule has 1 rings (SSSR count). The smallest absolute Gasteiger partial charge is 0.229 e. The van der Waals surface area contributed by atoms with E-state index in [0.29, 0.717) is 17.7 Å². The number of hydrogen-bond acceptors (Lipinski definition) is 3. The zero-order valence-corrected chi connectivity index (χ0v) is 6.57. The first-order valence-electron chi connectivity index (χ1n) is 3.32. The Morgan fingerprint density at radius 2 is 2.50 bits per heavy atom. The van der Waals surface area contributed by atoms with Crippen LogP contribution in [0.4, 0.5) is 0 Å². The van der Waals surface area contributed by atoms with Gasteiger partial charge in [0, 0.05) is 6.20 Å². The van der Waals surface area contributed by atoms with E-state index in [1.807, 2.05) is 0 Å². The predicted octanol–water partition coefficient (Wildman–Crippen LogP) is 0.641. The van der Waals surface area contributed by atoms with Crippen LogP contribution in [-0.4, -0.2) is 18.4 Å². The van der Waals surface area contributed by atoms with Crippen molar-refractivity contribution in [2.75, 3.05) is 7.11 Å². The molecule has 0 fully saturated rings. The van der Waals surface area contributed by atoms with Crippen LogP contribution < -0.4 is 4.74 Å². The standard InChI is InChI=1S/C9H7NO2/c1-12-9-8(5-3-7-11)4-2-6-10-9/h2,4,6-7H,1H3. The predicted molar refractivity (Wildman–Crippen MR) is 43.7 cm³/mol. The van der Waals surface area contributed by atoms with Gasteiger partial charge in [0.05, 0.1) is 12.7 Å². The molecular formula is C9H7NO2. The molecule has 0 saturated heterocycles. The van der Waals surface area contributed by atoms with Crippen molar-refractivity contribution >= 4 is 6.29 Å². The molecule has 3 nitrogen and oxygen atoms in total. The molecule has 0 spiro atoms. The average molecular weight is 161 g/mol. The Balaban J connectivity index is 3.04.